The summed E-state index contributed by atoms with van der Waals surface area (Å²) >= 11 is 0. The second-order valence-electron chi connectivity index (χ2n) is 9.25. The van der Waals surface area contributed by atoms with Gasteiger partial charge in [-0.25, -0.2) is 0 Å². The number of carbonyl (C=O) groups excluding carboxylic acids is 1. The van der Waals surface area contributed by atoms with Crippen LogP contribution in [0.25, 0.3) is 0 Å². The number of rotatable bonds is 10. The van der Waals surface area contributed by atoms with Gasteiger partial charge in [-0.3, -0.25) is 9.79 Å². The Kier molecular flexibility index (Phi) is 8.68. The van der Waals surface area contributed by atoms with E-state index in [1.807, 2.05) is 35.2 Å². The predicted octanol–water partition coefficient (Wildman–Crippen LogP) is 5.32. The van der Waals surface area contributed by atoms with Crippen LogP contribution in [-0.4, -0.2) is 36.7 Å². The van der Waals surface area contributed by atoms with Crippen LogP contribution >= 0.6 is 0 Å². The Labute approximate surface area is 208 Å². The van der Waals surface area contributed by atoms with Crippen molar-refractivity contribution in [3.8, 4) is 0 Å². The average Bonchev–Trinajstić information content (AvgIpc) is 3.07. The number of fused-ring (bicyclic) bond motifs is 2. The molecule has 0 radical (unpaired) electrons. The smallest absolute Gasteiger partial charge is 0.254 e. The molecule has 1 amide bonds. The van der Waals surface area contributed by atoms with Gasteiger partial charge in [0.25, 0.3) is 5.91 Å². The van der Waals surface area contributed by atoms with Crippen LogP contribution in [0.15, 0.2) is 71.7 Å². The van der Waals surface area contributed by atoms with Gasteiger partial charge in [-0.2, -0.15) is 0 Å². The lowest BCUT2D eigenvalue weighted by Gasteiger charge is -2.22. The third kappa shape index (κ3) is 6.58. The van der Waals surface area contributed by atoms with Gasteiger partial charge >= 0.3 is 0 Å². The zero-order chi connectivity index (χ0) is 24.5. The Morgan fingerprint density at radius 3 is 2.37 bits per heavy atom. The highest BCUT2D eigenvalue weighted by molar-refractivity contribution is 5.95. The molecule has 0 aliphatic heterocycles. The number of nitrogen functional groups attached to an aromatic ring is 1. The number of amides is 1. The first-order valence-corrected chi connectivity index (χ1v) is 12.7. The maximum Gasteiger partial charge on any atom is 0.254 e. The fourth-order valence-corrected chi connectivity index (χ4v) is 4.72. The molecule has 35 heavy (non-hydrogen) atoms. The Hall–Kier alpha value is -3.44. The highest BCUT2D eigenvalue weighted by atomic mass is 16.2. The van der Waals surface area contributed by atoms with Crippen molar-refractivity contribution < 1.29 is 4.79 Å². The molecular formula is C30H36N4O. The van der Waals surface area contributed by atoms with E-state index in [9.17, 15) is 4.79 Å². The minimum atomic E-state index is 0.0524. The summed E-state index contributed by atoms with van der Waals surface area (Å²) in [6.07, 6.45) is 8.85. The molecule has 0 saturated heterocycles. The van der Waals surface area contributed by atoms with Gasteiger partial charge < -0.3 is 16.4 Å². The lowest BCUT2D eigenvalue weighted by atomic mass is 9.98. The molecule has 1 aliphatic rings. The molecule has 0 fully saturated rings. The average molecular weight is 469 g/mol. The number of unbranched alkanes of at least 4 members (excludes halogenated alkanes) is 3. The van der Waals surface area contributed by atoms with Crippen molar-refractivity contribution in [3.05, 3.63) is 94.5 Å². The van der Waals surface area contributed by atoms with E-state index < -0.39 is 0 Å². The fourth-order valence-electron chi connectivity index (χ4n) is 4.72. The molecule has 4 N–H and O–H groups in total. The third-order valence-electron chi connectivity index (χ3n) is 6.75. The normalized spacial score (nSPS) is 12.7. The lowest BCUT2D eigenvalue weighted by Crippen LogP contribution is -2.33. The molecule has 0 aromatic heterocycles. The van der Waals surface area contributed by atoms with Crippen LogP contribution in [0, 0.1) is 0 Å². The number of aliphatic imine (C=N–C) groups is 1. The number of anilines is 1. The van der Waals surface area contributed by atoms with Crippen LogP contribution in [0.4, 0.5) is 11.4 Å². The maximum absolute atomic E-state index is 13.6. The largest absolute Gasteiger partial charge is 0.397 e. The molecule has 0 saturated carbocycles. The molecule has 5 heteroatoms. The number of para-hydroxylation sites is 2. The van der Waals surface area contributed by atoms with Crippen molar-refractivity contribution in [2.24, 2.45) is 10.7 Å². The Balaban J connectivity index is 1.51. The van der Waals surface area contributed by atoms with Gasteiger partial charge in [0.1, 0.15) is 0 Å². The predicted molar refractivity (Wildman–Crippen MR) is 146 cm³/mol. The molecule has 4 rings (SSSR count). The Bertz CT molecular complexity index is 1170. The van der Waals surface area contributed by atoms with Crippen LogP contribution in [0.1, 0.15) is 58.3 Å². The maximum atomic E-state index is 13.6. The van der Waals surface area contributed by atoms with E-state index in [0.717, 1.165) is 56.2 Å². The lowest BCUT2D eigenvalue weighted by molar-refractivity contribution is 0.0778. The van der Waals surface area contributed by atoms with Gasteiger partial charge in [0.05, 0.1) is 17.9 Å². The summed E-state index contributed by atoms with van der Waals surface area (Å²) in [5, 5.41) is 0. The molecule has 0 atom stereocenters. The second-order valence-corrected chi connectivity index (χ2v) is 9.25. The Morgan fingerprint density at radius 1 is 0.857 bits per heavy atom. The van der Waals surface area contributed by atoms with Crippen molar-refractivity contribution in [1.29, 1.82) is 0 Å². The summed E-state index contributed by atoms with van der Waals surface area (Å²) in [5.41, 5.74) is 19.1. The van der Waals surface area contributed by atoms with Gasteiger partial charge in [0.15, 0.2) is 0 Å². The number of hydrogen-bond donors (Lipinski definition) is 2. The summed E-state index contributed by atoms with van der Waals surface area (Å²) in [6, 6.07) is 22.4. The quantitative estimate of drug-likeness (QED) is 0.240. The minimum absolute atomic E-state index is 0.0524. The molecule has 3 aromatic carbocycles. The van der Waals surface area contributed by atoms with E-state index in [1.165, 1.54) is 22.3 Å². The molecular weight excluding hydrogens is 432 g/mol. The first-order chi connectivity index (χ1) is 17.2. The first kappa shape index (κ1) is 24.7. The zero-order valence-electron chi connectivity index (χ0n) is 20.5. The zero-order valence-corrected chi connectivity index (χ0v) is 20.5. The second kappa shape index (κ2) is 12.3. The van der Waals surface area contributed by atoms with Gasteiger partial charge in [0, 0.05) is 18.3 Å². The number of nitrogens with zero attached hydrogens (tertiary/aromatic N) is 2. The van der Waals surface area contributed by atoms with Crippen molar-refractivity contribution >= 4 is 23.5 Å². The SMILES string of the molecule is NCCCCCCN(CC=Nc1ccccc1N)C(=O)c1ccc2c(c1)Cc1ccccc1CC2. The molecule has 1 aliphatic carbocycles. The summed E-state index contributed by atoms with van der Waals surface area (Å²) < 4.78 is 0. The highest BCUT2D eigenvalue weighted by Crippen LogP contribution is 2.26. The molecule has 182 valence electrons. The van der Waals surface area contributed by atoms with Gasteiger partial charge in [-0.05, 0) is 85.2 Å². The number of hydrogen-bond acceptors (Lipinski definition) is 4. The van der Waals surface area contributed by atoms with E-state index in [4.69, 9.17) is 11.5 Å². The molecule has 0 spiro atoms. The highest BCUT2D eigenvalue weighted by Gasteiger charge is 2.19. The van der Waals surface area contributed by atoms with Crippen LogP contribution in [-0.2, 0) is 19.3 Å². The summed E-state index contributed by atoms with van der Waals surface area (Å²) in [4.78, 5) is 20.0. The topological polar surface area (TPSA) is 84.7 Å². The molecule has 3 aromatic rings. The summed E-state index contributed by atoms with van der Waals surface area (Å²) in [6.45, 7) is 1.86. The number of carbonyl (C=O) groups is 1. The van der Waals surface area contributed by atoms with Crippen molar-refractivity contribution in [2.45, 2.75) is 44.9 Å². The number of nitrogens with two attached hydrogens (primary N) is 2. The molecule has 0 unspecified atom stereocenters. The van der Waals surface area contributed by atoms with E-state index in [-0.39, 0.29) is 5.91 Å². The molecule has 0 bridgehead atoms. The van der Waals surface area contributed by atoms with E-state index in [1.54, 1.807) is 6.21 Å². The van der Waals surface area contributed by atoms with Crippen molar-refractivity contribution in [2.75, 3.05) is 25.4 Å². The number of aryl methyl sites for hydroxylation is 2. The molecule has 5 nitrogen and oxygen atoms in total. The Morgan fingerprint density at radius 2 is 1.57 bits per heavy atom. The summed E-state index contributed by atoms with van der Waals surface area (Å²) in [7, 11) is 0. The fraction of sp³-hybridized carbons (Fsp3) is 0.333. The molecule has 0 heterocycles. The van der Waals surface area contributed by atoms with Crippen molar-refractivity contribution in [1.82, 2.24) is 4.90 Å². The van der Waals surface area contributed by atoms with E-state index >= 15 is 0 Å². The van der Waals surface area contributed by atoms with Crippen LogP contribution in [0.2, 0.25) is 0 Å². The van der Waals surface area contributed by atoms with Gasteiger partial charge in [-0.15, -0.1) is 0 Å². The summed E-state index contributed by atoms with van der Waals surface area (Å²) in [5.74, 6) is 0.0524. The van der Waals surface area contributed by atoms with Gasteiger partial charge in [0.2, 0.25) is 0 Å². The minimum Gasteiger partial charge on any atom is -0.397 e. The number of benzene rings is 3. The monoisotopic (exact) mass is 468 g/mol. The van der Waals surface area contributed by atoms with Crippen LogP contribution in [0.5, 0.6) is 0 Å². The first-order valence-electron chi connectivity index (χ1n) is 12.7. The van der Waals surface area contributed by atoms with Gasteiger partial charge in [-0.1, -0.05) is 55.3 Å². The van der Waals surface area contributed by atoms with Crippen LogP contribution < -0.4 is 11.5 Å². The van der Waals surface area contributed by atoms with E-state index in [0.29, 0.717) is 25.3 Å². The third-order valence-corrected chi connectivity index (χ3v) is 6.75. The van der Waals surface area contributed by atoms with Crippen LogP contribution in [0.3, 0.4) is 0 Å². The van der Waals surface area contributed by atoms with E-state index in [2.05, 4.69) is 41.4 Å². The van der Waals surface area contributed by atoms with Crippen molar-refractivity contribution in [3.63, 3.8) is 0 Å². The standard InChI is InChI=1S/C30H36N4O/c31-17-7-1-2-8-19-34(20-18-33-29-12-6-5-11-28(29)32)30(35)26-16-15-24-14-13-23-9-3-4-10-25(23)21-27(24)22-26/h3-6,9-12,15-16,18,22H,1-2,7-8,13-14,17,19-21,31-32H2.